The Kier molecular flexibility index (Phi) is 12.1. The lowest BCUT2D eigenvalue weighted by molar-refractivity contribution is -0.366. The van der Waals surface area contributed by atoms with Crippen molar-refractivity contribution in [1.29, 1.82) is 0 Å². The van der Waals surface area contributed by atoms with Crippen molar-refractivity contribution in [2.24, 2.45) is 45.7 Å². The minimum absolute atomic E-state index is 0.000235. The quantitative estimate of drug-likeness (QED) is 0.0722. The molecule has 17 unspecified atom stereocenters. The summed E-state index contributed by atoms with van der Waals surface area (Å²) in [7, 11) is 0. The number of ether oxygens (including phenoxy) is 2. The Balaban J connectivity index is 0.853. The maximum absolute atomic E-state index is 15.6. The highest BCUT2D eigenvalue weighted by Gasteiger charge is 2.77. The average Bonchev–Trinajstić information content (AvgIpc) is 1.27. The Morgan fingerprint density at radius 1 is 0.833 bits per heavy atom. The number of aromatic amines is 2. The van der Waals surface area contributed by atoms with Crippen molar-refractivity contribution in [3.05, 3.63) is 151 Å². The zero-order chi connectivity index (χ0) is 65.1. The summed E-state index contributed by atoms with van der Waals surface area (Å²) in [4.78, 5) is 63.6. The van der Waals surface area contributed by atoms with Gasteiger partial charge in [0.15, 0.2) is 17.5 Å². The van der Waals surface area contributed by atoms with E-state index in [0.29, 0.717) is 103 Å². The van der Waals surface area contributed by atoms with Crippen molar-refractivity contribution in [2.75, 3.05) is 18.4 Å². The van der Waals surface area contributed by atoms with Gasteiger partial charge in [0, 0.05) is 100 Å². The van der Waals surface area contributed by atoms with Crippen LogP contribution in [0, 0.1) is 58.7 Å². The number of phenols is 1. The first-order valence-corrected chi connectivity index (χ1v) is 35.7. The molecule has 0 radical (unpaired) electrons. The van der Waals surface area contributed by atoms with Gasteiger partial charge in [0.25, 0.3) is 5.79 Å². The number of aromatic nitrogens is 4. The molecular formula is C78H81N7O11. The van der Waals surface area contributed by atoms with E-state index in [0.717, 1.165) is 105 Å². The van der Waals surface area contributed by atoms with E-state index in [4.69, 9.17) is 25.2 Å². The highest BCUT2D eigenvalue weighted by Crippen LogP contribution is 2.75. The van der Waals surface area contributed by atoms with Crippen LogP contribution in [0.1, 0.15) is 210 Å². The number of hydrogen-bond acceptors (Lipinski definition) is 16. The molecule has 21 rings (SSSR count). The van der Waals surface area contributed by atoms with E-state index in [2.05, 4.69) is 56.7 Å². The van der Waals surface area contributed by atoms with Crippen LogP contribution >= 0.6 is 0 Å². The van der Waals surface area contributed by atoms with Crippen LogP contribution in [0.15, 0.2) is 78.3 Å². The summed E-state index contributed by atoms with van der Waals surface area (Å²) in [6.45, 7) is 2.47. The van der Waals surface area contributed by atoms with Gasteiger partial charge in [-0.1, -0.05) is 49.0 Å². The van der Waals surface area contributed by atoms with Crippen LogP contribution < -0.4 is 21.1 Å². The number of aliphatic hydroxyl groups is 5. The first-order valence-electron chi connectivity index (χ1n) is 35.7. The number of aliphatic hydroxyl groups excluding tert-OH is 5. The number of phenolic OH excluding ortho intramolecular Hbond substituents is 1. The molecule has 3 aromatic carbocycles. The molecule has 18 nitrogen and oxygen atoms in total. The van der Waals surface area contributed by atoms with Crippen LogP contribution in [0.3, 0.4) is 0 Å². The third-order valence-corrected chi connectivity index (χ3v) is 28.1. The molecule has 5 saturated carbocycles. The number of hydrogen-bond donors (Lipinski definition) is 11. The van der Waals surface area contributed by atoms with Gasteiger partial charge in [0.2, 0.25) is 5.78 Å². The number of Topliss-reactive ketones (excluding diaryl/α,β-unsaturated/α-hetero) is 1. The number of H-pyrrole nitrogens is 2. The molecule has 6 aromatic rings. The van der Waals surface area contributed by atoms with Crippen LogP contribution in [0.4, 0.5) is 5.82 Å². The molecule has 7 spiro atoms. The number of nitrogens with one attached hydrogen (secondary N) is 4. The van der Waals surface area contributed by atoms with Crippen molar-refractivity contribution >= 4 is 39.5 Å². The molecule has 17 atom stereocenters. The molecular weight excluding hydrogens is 1210 g/mol. The number of imidazole rings is 1. The van der Waals surface area contributed by atoms with E-state index in [-0.39, 0.29) is 75.6 Å². The highest BCUT2D eigenvalue weighted by atomic mass is 16.7. The predicted molar refractivity (Wildman–Crippen MR) is 353 cm³/mol. The monoisotopic (exact) mass is 1290 g/mol. The van der Waals surface area contributed by atoms with Crippen molar-refractivity contribution in [2.45, 2.75) is 200 Å². The van der Waals surface area contributed by atoms with E-state index < -0.39 is 86.8 Å². The van der Waals surface area contributed by atoms with Gasteiger partial charge in [-0.25, -0.2) is 9.97 Å². The molecule has 6 fully saturated rings. The van der Waals surface area contributed by atoms with E-state index in [1.54, 1.807) is 37.4 Å². The molecule has 8 heterocycles. The van der Waals surface area contributed by atoms with E-state index in [9.17, 15) is 35.4 Å². The highest BCUT2D eigenvalue weighted by molar-refractivity contribution is 6.34. The van der Waals surface area contributed by atoms with E-state index in [1.807, 2.05) is 6.33 Å². The van der Waals surface area contributed by atoms with Crippen LogP contribution in [-0.4, -0.2) is 123 Å². The number of benzene rings is 3. The van der Waals surface area contributed by atoms with Gasteiger partial charge in [0.05, 0.1) is 52.6 Å². The predicted octanol–water partition coefficient (Wildman–Crippen LogP) is 8.64. The van der Waals surface area contributed by atoms with Crippen LogP contribution in [0.25, 0.3) is 16.3 Å². The van der Waals surface area contributed by atoms with Crippen LogP contribution in [-0.2, 0) is 33.2 Å². The minimum Gasteiger partial charge on any atom is -0.507 e. The molecule has 5 aliphatic heterocycles. The smallest absolute Gasteiger partial charge is 0.261 e. The fourth-order valence-electron chi connectivity index (χ4n) is 24.2. The Morgan fingerprint density at radius 3 is 2.55 bits per heavy atom. The number of aromatic hydroxyl groups is 1. The van der Waals surface area contributed by atoms with Crippen LogP contribution in [0.2, 0.25) is 0 Å². The molecule has 0 amide bonds. The number of fused-ring (bicyclic) bond motifs is 9. The van der Waals surface area contributed by atoms with E-state index >= 15 is 9.59 Å². The van der Waals surface area contributed by atoms with Gasteiger partial charge >= 0.3 is 0 Å². The summed E-state index contributed by atoms with van der Waals surface area (Å²) in [5.41, 5.74) is 10.7. The lowest BCUT2D eigenvalue weighted by Crippen LogP contribution is -2.79. The van der Waals surface area contributed by atoms with Crippen molar-refractivity contribution in [3.63, 3.8) is 0 Å². The molecule has 1 saturated heterocycles. The summed E-state index contributed by atoms with van der Waals surface area (Å²) in [5, 5.41) is 88.3. The summed E-state index contributed by atoms with van der Waals surface area (Å²) < 4.78 is 15.2. The van der Waals surface area contributed by atoms with Crippen molar-refractivity contribution < 1.29 is 54.5 Å². The minimum atomic E-state index is -2.54. The fourth-order valence-corrected chi connectivity index (χ4v) is 24.2. The molecule has 10 bridgehead atoms. The first-order chi connectivity index (χ1) is 46.4. The number of anilines is 1. The molecule has 96 heavy (non-hydrogen) atoms. The summed E-state index contributed by atoms with van der Waals surface area (Å²) >= 11 is 0. The number of ketones is 3. The van der Waals surface area contributed by atoms with E-state index in [1.165, 1.54) is 17.2 Å². The van der Waals surface area contributed by atoms with Gasteiger partial charge in [-0.2, -0.15) is 0 Å². The summed E-state index contributed by atoms with van der Waals surface area (Å²) in [6, 6.07) is 15.3. The number of pyridine rings is 1. The second kappa shape index (κ2) is 19.7. The normalized spacial score (nSPS) is 39.0. The Hall–Kier alpha value is -7.31. The number of carbonyl (C=O) groups excluding carboxylic acids is 3. The third kappa shape index (κ3) is 7.23. The van der Waals surface area contributed by atoms with Gasteiger partial charge < -0.3 is 61.1 Å². The molecule has 12 N–H and O–H groups in total. The number of nitrogens with two attached hydrogens (primary N) is 1. The SMILES string of the molecule is Cc1cc(O)c2c(c1)C(=O)c1c(c3cc4c(nccc14)NCC(O)C14CCC5C#CCC6CCCC7CC8(CCC(=O)CC8Cc8ccc9c(c8)CCNC9N)c8nc[nH]c8C67c6cc(c([nH]6)C6=CC7(O3)OC3(C6=C1CC1(CCC6(CCCC6)C1)C3O)C(O)C(O)C7O)C54)C2=O. The van der Waals surface area contributed by atoms with Gasteiger partial charge in [-0.15, -0.1) is 5.92 Å². The zero-order valence-electron chi connectivity index (χ0n) is 54.0. The van der Waals surface area contributed by atoms with Gasteiger partial charge in [-0.3, -0.25) is 19.7 Å². The summed E-state index contributed by atoms with van der Waals surface area (Å²) in [5.74, 6) is 3.14. The topological polar surface area (TPSA) is 298 Å². The Labute approximate surface area is 555 Å². The molecule has 15 aliphatic rings. The van der Waals surface area contributed by atoms with Gasteiger partial charge in [-0.05, 0) is 195 Å². The Bertz CT molecular complexity index is 4640. The summed E-state index contributed by atoms with van der Waals surface area (Å²) in [6.07, 6.45) is 10.8. The van der Waals surface area contributed by atoms with Crippen molar-refractivity contribution in [1.82, 2.24) is 25.3 Å². The number of nitrogens with zero attached hydrogens (tertiary/aromatic N) is 2. The average molecular weight is 1290 g/mol. The van der Waals surface area contributed by atoms with Crippen LogP contribution in [0.5, 0.6) is 11.5 Å². The number of rotatable bonds is 2. The second-order valence-corrected chi connectivity index (χ2v) is 32.2. The zero-order valence-corrected chi connectivity index (χ0v) is 54.0. The lowest BCUT2D eigenvalue weighted by atomic mass is 9.45. The standard InChI is InChI=1S/C78H81N7O11/c1-37-24-48-56(52(87)25-37)63(90)58-53-29-47-46(57(58)62(48)89)15-23-81-70(47)82-34-55(88)75-19-12-39-6-4-7-41-8-5-9-42-31-74(18-13-44(86)28-43(74)27-38-10-11-45-40(26-38)14-22-80-69(45)79)65-66(84-36-83-65)77(41,42)54-30-49(59(39)75)61(85-54)50-32-76(95-53)67(92)64(91)68(93)78(96-76)60(50)51(75)33-73(71(78)94)21-20-72(35-73)16-2-3-17-72/h10-11,15,23-26,29-30,32,36,39,41-43,55,59,64,67-69,71,80,85,87-88,91-94H,2-3,5,7-9,12-14,16-22,27-28,31,33-35,79H2,1H3,(H,81,82)(H,83,84). The number of aryl methyl sites for hydroxylation is 1. The molecule has 10 aliphatic carbocycles. The Morgan fingerprint density at radius 2 is 1.69 bits per heavy atom. The molecule has 18 heteroatoms. The second-order valence-electron chi connectivity index (χ2n) is 32.2. The largest absolute Gasteiger partial charge is 0.507 e. The maximum atomic E-state index is 15.6. The fraction of sp³-hybridized carbons (Fsp3) is 0.526. The lowest BCUT2D eigenvalue weighted by Gasteiger charge is -2.64. The van der Waals surface area contributed by atoms with Crippen molar-refractivity contribution in [3.8, 4) is 23.3 Å². The first kappa shape index (κ1) is 58.8. The third-order valence-electron chi connectivity index (χ3n) is 28.1. The molecule has 3 aromatic heterocycles. The number of carbonyl (C=O) groups is 3. The molecule has 494 valence electrons. The van der Waals surface area contributed by atoms with Gasteiger partial charge in [0.1, 0.15) is 35.3 Å². The maximum Gasteiger partial charge on any atom is 0.261 e.